The molecule has 0 spiro atoms. The number of hydrogen-bond acceptors (Lipinski definition) is 3. The van der Waals surface area contributed by atoms with E-state index in [1.54, 1.807) is 12.1 Å². The van der Waals surface area contributed by atoms with Gasteiger partial charge in [-0.05, 0) is 79.1 Å². The molecule has 0 aliphatic carbocycles. The van der Waals surface area contributed by atoms with E-state index in [0.717, 1.165) is 73.4 Å². The van der Waals surface area contributed by atoms with E-state index in [1.807, 2.05) is 0 Å². The highest BCUT2D eigenvalue weighted by molar-refractivity contribution is 5.34. The van der Waals surface area contributed by atoms with Crippen molar-refractivity contribution in [3.8, 4) is 17.2 Å². The van der Waals surface area contributed by atoms with Crippen LogP contribution in [0.5, 0.6) is 17.2 Å². The first-order chi connectivity index (χ1) is 19.4. The molecule has 0 radical (unpaired) electrons. The Bertz CT molecular complexity index is 1180. The molecule has 224 valence electrons. The van der Waals surface area contributed by atoms with Crippen LogP contribution in [0.25, 0.3) is 0 Å². The van der Waals surface area contributed by atoms with Crippen LogP contribution >= 0.6 is 0 Å². The normalized spacial score (nSPS) is 12.3. The maximum Gasteiger partial charge on any atom is 0.573 e. The fraction of sp³-hybridized carbons (Fsp3) is 0.419. The summed E-state index contributed by atoms with van der Waals surface area (Å²) >= 11 is 0. The van der Waals surface area contributed by atoms with E-state index in [-0.39, 0.29) is 11.3 Å². The molecule has 0 aliphatic rings. The first kappa shape index (κ1) is 32.1. The molecule has 3 nitrogen and oxygen atoms in total. The Morgan fingerprint density at radius 3 is 1.27 bits per heavy atom. The fourth-order valence-electron chi connectivity index (χ4n) is 4.17. The molecular formula is C31H33F7O3. The number of hydrogen-bond donors (Lipinski definition) is 0. The highest BCUT2D eigenvalue weighted by atomic mass is 19.4. The van der Waals surface area contributed by atoms with Gasteiger partial charge in [0.2, 0.25) is 0 Å². The molecule has 3 aromatic rings. The first-order valence-electron chi connectivity index (χ1n) is 13.6. The average Bonchev–Trinajstić information content (AvgIpc) is 2.91. The number of benzene rings is 3. The third-order valence-corrected chi connectivity index (χ3v) is 6.35. The van der Waals surface area contributed by atoms with Gasteiger partial charge in [-0.1, -0.05) is 64.0 Å². The highest BCUT2D eigenvalue weighted by Gasteiger charge is 2.37. The molecule has 0 heterocycles. The van der Waals surface area contributed by atoms with Crippen LogP contribution in [-0.2, 0) is 18.6 Å². The number of ether oxygens (including phenoxy) is 3. The quantitative estimate of drug-likeness (QED) is 0.123. The summed E-state index contributed by atoms with van der Waals surface area (Å²) in [4.78, 5) is 0. The predicted molar refractivity (Wildman–Crippen MR) is 141 cm³/mol. The van der Waals surface area contributed by atoms with Crippen LogP contribution in [0.2, 0.25) is 0 Å². The third-order valence-electron chi connectivity index (χ3n) is 6.35. The molecular weight excluding hydrogens is 553 g/mol. The summed E-state index contributed by atoms with van der Waals surface area (Å²) in [6.45, 7) is 2.18. The molecule has 0 atom stereocenters. The maximum atomic E-state index is 14.7. The number of alkyl halides is 7. The van der Waals surface area contributed by atoms with Crippen molar-refractivity contribution in [2.75, 3.05) is 0 Å². The molecule has 0 bridgehead atoms. The van der Waals surface area contributed by atoms with Crippen LogP contribution in [0.15, 0.2) is 72.8 Å². The molecule has 0 N–H and O–H groups in total. The number of rotatable bonds is 16. The molecule has 0 fully saturated rings. The zero-order valence-corrected chi connectivity index (χ0v) is 22.7. The summed E-state index contributed by atoms with van der Waals surface area (Å²) in [6, 6.07) is 12.9. The lowest BCUT2D eigenvalue weighted by molar-refractivity contribution is -0.274. The summed E-state index contributed by atoms with van der Waals surface area (Å²) in [6.07, 6.45) is -2.27. The molecule has 0 unspecified atom stereocenters. The third kappa shape index (κ3) is 10.8. The Hall–Kier alpha value is -3.43. The Kier molecular flexibility index (Phi) is 11.3. The molecule has 0 amide bonds. The maximum absolute atomic E-state index is 14.7. The SMILES string of the molecule is CCCCCCCCCCc1ccc(C(F)(F)Oc2ccc(C(F)(F)Oc3ccc(OC(F)(F)F)cc3)cc2)cc1. The molecule has 3 aromatic carbocycles. The van der Waals surface area contributed by atoms with Gasteiger partial charge in [0.25, 0.3) is 0 Å². The standard InChI is InChI=1S/C31H33F7O3/c1-2-3-4-5-6-7-8-9-10-23-11-13-24(14-12-23)29(32,33)39-26-17-15-25(16-18-26)30(34,35)40-27-19-21-28(22-20-27)41-31(36,37)38/h11-22H,2-10H2,1H3. The van der Waals surface area contributed by atoms with Gasteiger partial charge in [0.1, 0.15) is 17.2 Å². The highest BCUT2D eigenvalue weighted by Crippen LogP contribution is 2.36. The molecule has 0 saturated heterocycles. The number of unbranched alkanes of at least 4 members (excludes halogenated alkanes) is 7. The molecule has 0 aliphatic heterocycles. The largest absolute Gasteiger partial charge is 0.573 e. The zero-order chi connectivity index (χ0) is 29.9. The minimum absolute atomic E-state index is 0.341. The second-order valence-corrected chi connectivity index (χ2v) is 9.70. The summed E-state index contributed by atoms with van der Waals surface area (Å²) in [5, 5.41) is 0. The number of aryl methyl sites for hydroxylation is 1. The lowest BCUT2D eigenvalue weighted by Crippen LogP contribution is -2.23. The molecule has 10 heteroatoms. The van der Waals surface area contributed by atoms with E-state index in [4.69, 9.17) is 4.74 Å². The fourth-order valence-corrected chi connectivity index (χ4v) is 4.17. The van der Waals surface area contributed by atoms with Crippen LogP contribution in [0.3, 0.4) is 0 Å². The zero-order valence-electron chi connectivity index (χ0n) is 22.7. The van der Waals surface area contributed by atoms with Crippen molar-refractivity contribution in [3.05, 3.63) is 89.5 Å². The van der Waals surface area contributed by atoms with Crippen LogP contribution < -0.4 is 14.2 Å². The Morgan fingerprint density at radius 2 is 0.829 bits per heavy atom. The molecule has 0 saturated carbocycles. The second kappa shape index (κ2) is 14.5. The van der Waals surface area contributed by atoms with Gasteiger partial charge >= 0.3 is 18.6 Å². The second-order valence-electron chi connectivity index (χ2n) is 9.70. The predicted octanol–water partition coefficient (Wildman–Crippen LogP) is 10.5. The Morgan fingerprint density at radius 1 is 0.463 bits per heavy atom. The van der Waals surface area contributed by atoms with Crippen molar-refractivity contribution in [2.45, 2.75) is 83.3 Å². The minimum atomic E-state index is -4.93. The molecule has 41 heavy (non-hydrogen) atoms. The van der Waals surface area contributed by atoms with Crippen molar-refractivity contribution in [3.63, 3.8) is 0 Å². The van der Waals surface area contributed by atoms with Gasteiger partial charge in [-0.25, -0.2) is 0 Å². The topological polar surface area (TPSA) is 27.7 Å². The van der Waals surface area contributed by atoms with Gasteiger partial charge in [-0.15, -0.1) is 13.2 Å². The van der Waals surface area contributed by atoms with E-state index < -0.39 is 35.6 Å². The lowest BCUT2D eigenvalue weighted by atomic mass is 10.0. The van der Waals surface area contributed by atoms with E-state index >= 15 is 0 Å². The van der Waals surface area contributed by atoms with E-state index in [0.29, 0.717) is 0 Å². The van der Waals surface area contributed by atoms with Gasteiger partial charge < -0.3 is 14.2 Å². The Balaban J connectivity index is 1.51. The molecule has 3 rings (SSSR count). The number of halogens is 7. The van der Waals surface area contributed by atoms with E-state index in [2.05, 4.69) is 16.4 Å². The van der Waals surface area contributed by atoms with Gasteiger partial charge in [0, 0.05) is 0 Å². The van der Waals surface area contributed by atoms with Gasteiger partial charge in [0.15, 0.2) is 0 Å². The van der Waals surface area contributed by atoms with E-state index in [9.17, 15) is 30.7 Å². The van der Waals surface area contributed by atoms with Crippen molar-refractivity contribution < 1.29 is 44.9 Å². The van der Waals surface area contributed by atoms with Crippen LogP contribution in [0.1, 0.15) is 75.0 Å². The summed E-state index contributed by atoms with van der Waals surface area (Å²) in [5.74, 6) is -1.37. The summed E-state index contributed by atoms with van der Waals surface area (Å²) < 4.78 is 108. The van der Waals surface area contributed by atoms with Gasteiger partial charge in [-0.2, -0.15) is 17.6 Å². The Labute approximate surface area is 235 Å². The van der Waals surface area contributed by atoms with Crippen molar-refractivity contribution in [1.29, 1.82) is 0 Å². The van der Waals surface area contributed by atoms with Crippen LogP contribution in [0.4, 0.5) is 30.7 Å². The monoisotopic (exact) mass is 586 g/mol. The smallest absolute Gasteiger partial charge is 0.429 e. The van der Waals surface area contributed by atoms with Crippen molar-refractivity contribution >= 4 is 0 Å². The minimum Gasteiger partial charge on any atom is -0.429 e. The lowest BCUT2D eigenvalue weighted by Gasteiger charge is -2.21. The van der Waals surface area contributed by atoms with Crippen LogP contribution in [0, 0.1) is 0 Å². The van der Waals surface area contributed by atoms with Crippen molar-refractivity contribution in [1.82, 2.24) is 0 Å². The summed E-state index contributed by atoms with van der Waals surface area (Å²) in [5.41, 5.74) is -0.0911. The van der Waals surface area contributed by atoms with Crippen molar-refractivity contribution in [2.24, 2.45) is 0 Å². The van der Waals surface area contributed by atoms with Gasteiger partial charge in [0.05, 0.1) is 11.1 Å². The average molecular weight is 587 g/mol. The van der Waals surface area contributed by atoms with Crippen LogP contribution in [-0.4, -0.2) is 6.36 Å². The van der Waals surface area contributed by atoms with Gasteiger partial charge in [-0.3, -0.25) is 0 Å². The molecule has 0 aromatic heterocycles. The summed E-state index contributed by atoms with van der Waals surface area (Å²) in [7, 11) is 0. The first-order valence-corrected chi connectivity index (χ1v) is 13.6. The van der Waals surface area contributed by atoms with E-state index in [1.165, 1.54) is 50.7 Å².